The summed E-state index contributed by atoms with van der Waals surface area (Å²) in [5.41, 5.74) is 2.95. The third-order valence-electron chi connectivity index (χ3n) is 4.94. The zero-order valence-electron chi connectivity index (χ0n) is 16.7. The van der Waals surface area contributed by atoms with E-state index in [4.69, 9.17) is 4.74 Å². The maximum absolute atomic E-state index is 12.3. The summed E-state index contributed by atoms with van der Waals surface area (Å²) in [4.78, 5) is 14.7. The van der Waals surface area contributed by atoms with E-state index < -0.39 is 0 Å². The van der Waals surface area contributed by atoms with Gasteiger partial charge in [0.15, 0.2) is 0 Å². The monoisotopic (exact) mass is 378 g/mol. The summed E-state index contributed by atoms with van der Waals surface area (Å²) >= 11 is 0. The van der Waals surface area contributed by atoms with Crippen LogP contribution >= 0.6 is 0 Å². The fourth-order valence-electron chi connectivity index (χ4n) is 3.33. The molecule has 0 unspecified atom stereocenters. The Bertz CT molecular complexity index is 777. The Morgan fingerprint density at radius 1 is 1.07 bits per heavy atom. The number of unbranched alkanes of at least 4 members (excludes halogenated alkanes) is 1. The van der Waals surface area contributed by atoms with Crippen LogP contribution in [0.15, 0.2) is 54.6 Å². The molecule has 4 heteroatoms. The van der Waals surface area contributed by atoms with Gasteiger partial charge in [0.1, 0.15) is 5.75 Å². The summed E-state index contributed by atoms with van der Waals surface area (Å²) in [7, 11) is 0. The third kappa shape index (κ3) is 5.88. The number of nitrogens with one attached hydrogen (secondary N) is 1. The van der Waals surface area contributed by atoms with Crippen LogP contribution in [0.4, 0.5) is 11.4 Å². The van der Waals surface area contributed by atoms with Crippen LogP contribution in [0.25, 0.3) is 6.08 Å². The average Bonchev–Trinajstić information content (AvgIpc) is 2.74. The van der Waals surface area contributed by atoms with E-state index in [1.807, 2.05) is 36.4 Å². The molecule has 1 N–H and O–H groups in total. The second kappa shape index (κ2) is 10.5. The number of ether oxygens (including phenoxy) is 1. The van der Waals surface area contributed by atoms with Crippen molar-refractivity contribution in [2.24, 2.45) is 0 Å². The number of nitrogens with zero attached hydrogens (tertiary/aromatic N) is 1. The third-order valence-corrected chi connectivity index (χ3v) is 4.94. The Balaban J connectivity index is 1.56. The standard InChI is InChI=1S/C24H30N2O2/c1-2-3-19-28-23-10-6-5-9-20(23)11-16-24(27)25-21-12-14-22(15-13-21)26-17-7-4-8-18-26/h5-6,9-16H,2-4,7-8,17-19H2,1H3,(H,25,27). The van der Waals surface area contributed by atoms with Gasteiger partial charge in [-0.3, -0.25) is 4.79 Å². The van der Waals surface area contributed by atoms with E-state index in [1.54, 1.807) is 12.2 Å². The number of anilines is 2. The average molecular weight is 379 g/mol. The van der Waals surface area contributed by atoms with Gasteiger partial charge in [-0.1, -0.05) is 31.5 Å². The first-order chi connectivity index (χ1) is 13.8. The van der Waals surface area contributed by atoms with E-state index in [2.05, 4.69) is 29.3 Å². The number of carbonyl (C=O) groups is 1. The van der Waals surface area contributed by atoms with Crippen molar-refractivity contribution in [1.82, 2.24) is 0 Å². The molecule has 1 amide bonds. The lowest BCUT2D eigenvalue weighted by atomic mass is 10.1. The molecule has 1 fully saturated rings. The summed E-state index contributed by atoms with van der Waals surface area (Å²) in [6, 6.07) is 15.9. The molecule has 2 aromatic carbocycles. The van der Waals surface area contributed by atoms with Crippen LogP contribution in [0.2, 0.25) is 0 Å². The zero-order valence-corrected chi connectivity index (χ0v) is 16.7. The number of piperidine rings is 1. The molecule has 0 bridgehead atoms. The van der Waals surface area contributed by atoms with Gasteiger partial charge in [-0.05, 0) is 62.1 Å². The zero-order chi connectivity index (χ0) is 19.6. The first-order valence-electron chi connectivity index (χ1n) is 10.3. The molecule has 0 atom stereocenters. The van der Waals surface area contributed by atoms with E-state index >= 15 is 0 Å². The first kappa shape index (κ1) is 20.0. The first-order valence-corrected chi connectivity index (χ1v) is 10.3. The van der Waals surface area contributed by atoms with Crippen LogP contribution < -0.4 is 15.0 Å². The van der Waals surface area contributed by atoms with E-state index in [1.165, 1.54) is 24.9 Å². The number of carbonyl (C=O) groups excluding carboxylic acids is 1. The van der Waals surface area contributed by atoms with Crippen molar-refractivity contribution >= 4 is 23.4 Å². The van der Waals surface area contributed by atoms with Crippen molar-refractivity contribution < 1.29 is 9.53 Å². The van der Waals surface area contributed by atoms with E-state index in [0.717, 1.165) is 42.9 Å². The normalized spacial score (nSPS) is 14.2. The quantitative estimate of drug-likeness (QED) is 0.486. The van der Waals surface area contributed by atoms with Gasteiger partial charge < -0.3 is 15.0 Å². The lowest BCUT2D eigenvalue weighted by Gasteiger charge is -2.28. The van der Waals surface area contributed by atoms with Gasteiger partial charge in [-0.2, -0.15) is 0 Å². The number of hydrogen-bond donors (Lipinski definition) is 1. The molecule has 3 rings (SSSR count). The topological polar surface area (TPSA) is 41.6 Å². The summed E-state index contributed by atoms with van der Waals surface area (Å²) in [5, 5.41) is 2.93. The van der Waals surface area contributed by atoms with Crippen LogP contribution in [0.3, 0.4) is 0 Å². The van der Waals surface area contributed by atoms with E-state index in [0.29, 0.717) is 6.61 Å². The molecule has 148 valence electrons. The lowest BCUT2D eigenvalue weighted by molar-refractivity contribution is -0.111. The smallest absolute Gasteiger partial charge is 0.248 e. The van der Waals surface area contributed by atoms with Crippen molar-refractivity contribution in [2.45, 2.75) is 39.0 Å². The second-order valence-corrected chi connectivity index (χ2v) is 7.16. The number of hydrogen-bond acceptors (Lipinski definition) is 3. The summed E-state index contributed by atoms with van der Waals surface area (Å²) in [5.74, 6) is 0.667. The van der Waals surface area contributed by atoms with Crippen molar-refractivity contribution in [2.75, 3.05) is 29.9 Å². The van der Waals surface area contributed by atoms with Crippen LogP contribution in [0.1, 0.15) is 44.6 Å². The molecule has 0 saturated carbocycles. The van der Waals surface area contributed by atoms with Gasteiger partial charge in [-0.15, -0.1) is 0 Å². The summed E-state index contributed by atoms with van der Waals surface area (Å²) in [6.45, 7) is 5.07. The van der Waals surface area contributed by atoms with Crippen molar-refractivity contribution in [1.29, 1.82) is 0 Å². The van der Waals surface area contributed by atoms with E-state index in [9.17, 15) is 4.79 Å². The number of amides is 1. The molecule has 28 heavy (non-hydrogen) atoms. The molecule has 0 aromatic heterocycles. The molecule has 4 nitrogen and oxygen atoms in total. The fraction of sp³-hybridized carbons (Fsp3) is 0.375. The Hall–Kier alpha value is -2.75. The SMILES string of the molecule is CCCCOc1ccccc1C=CC(=O)Nc1ccc(N2CCCCC2)cc1. The van der Waals surface area contributed by atoms with Gasteiger partial charge in [0.25, 0.3) is 0 Å². The molecule has 0 spiro atoms. The number of benzene rings is 2. The van der Waals surface area contributed by atoms with Crippen LogP contribution in [0.5, 0.6) is 5.75 Å². The maximum Gasteiger partial charge on any atom is 0.248 e. The van der Waals surface area contributed by atoms with Crippen LogP contribution in [-0.2, 0) is 4.79 Å². The Morgan fingerprint density at radius 2 is 1.82 bits per heavy atom. The minimum atomic E-state index is -0.144. The molecule has 1 aliphatic heterocycles. The maximum atomic E-state index is 12.3. The largest absolute Gasteiger partial charge is 0.493 e. The summed E-state index contributed by atoms with van der Waals surface area (Å²) < 4.78 is 5.81. The molecule has 1 heterocycles. The predicted molar refractivity (Wildman–Crippen MR) is 117 cm³/mol. The van der Waals surface area contributed by atoms with Gasteiger partial charge in [-0.25, -0.2) is 0 Å². The molecule has 1 saturated heterocycles. The van der Waals surface area contributed by atoms with Gasteiger partial charge in [0.2, 0.25) is 5.91 Å². The van der Waals surface area contributed by atoms with Gasteiger partial charge in [0.05, 0.1) is 6.61 Å². The van der Waals surface area contributed by atoms with E-state index in [-0.39, 0.29) is 5.91 Å². The van der Waals surface area contributed by atoms with Crippen molar-refractivity contribution in [3.05, 3.63) is 60.2 Å². The molecule has 2 aromatic rings. The second-order valence-electron chi connectivity index (χ2n) is 7.16. The Labute approximate surface area is 168 Å². The highest BCUT2D eigenvalue weighted by Crippen LogP contribution is 2.22. The highest BCUT2D eigenvalue weighted by Gasteiger charge is 2.10. The highest BCUT2D eigenvalue weighted by atomic mass is 16.5. The fourth-order valence-corrected chi connectivity index (χ4v) is 3.33. The van der Waals surface area contributed by atoms with Crippen molar-refractivity contribution in [3.8, 4) is 5.75 Å². The molecular weight excluding hydrogens is 348 g/mol. The Morgan fingerprint density at radius 3 is 2.57 bits per heavy atom. The highest BCUT2D eigenvalue weighted by molar-refractivity contribution is 6.02. The van der Waals surface area contributed by atoms with Gasteiger partial charge >= 0.3 is 0 Å². The molecule has 1 aliphatic rings. The van der Waals surface area contributed by atoms with Crippen molar-refractivity contribution in [3.63, 3.8) is 0 Å². The minimum absolute atomic E-state index is 0.144. The number of para-hydroxylation sites is 1. The van der Waals surface area contributed by atoms with Crippen LogP contribution in [-0.4, -0.2) is 25.6 Å². The minimum Gasteiger partial charge on any atom is -0.493 e. The summed E-state index contributed by atoms with van der Waals surface area (Å²) in [6.07, 6.45) is 9.31. The molecule has 0 radical (unpaired) electrons. The molecule has 0 aliphatic carbocycles. The Kier molecular flexibility index (Phi) is 7.53. The van der Waals surface area contributed by atoms with Crippen LogP contribution in [0, 0.1) is 0 Å². The number of rotatable bonds is 8. The van der Waals surface area contributed by atoms with Gasteiger partial charge in [0, 0.05) is 36.1 Å². The predicted octanol–water partition coefficient (Wildman–Crippen LogP) is 5.51. The molecular formula is C24H30N2O2. The lowest BCUT2D eigenvalue weighted by Crippen LogP contribution is -2.29.